The Morgan fingerprint density at radius 1 is 0.792 bits per heavy atom. The molecule has 0 unspecified atom stereocenters. The Morgan fingerprint density at radius 3 is 1.46 bits per heavy atom. The summed E-state index contributed by atoms with van der Waals surface area (Å²) in [6.07, 6.45) is 0. The van der Waals surface area contributed by atoms with Gasteiger partial charge in [-0.1, -0.05) is 0 Å². The highest BCUT2D eigenvalue weighted by atomic mass is 16.5. The Hall–Kier alpha value is -3.42. The molecule has 0 spiro atoms. The monoisotopic (exact) mass is 328 g/mol. The van der Waals surface area contributed by atoms with Gasteiger partial charge >= 0.3 is 11.9 Å². The number of benzene rings is 2. The summed E-state index contributed by atoms with van der Waals surface area (Å²) in [7, 11) is 2.55. The second-order valence-corrected chi connectivity index (χ2v) is 4.73. The zero-order valence-corrected chi connectivity index (χ0v) is 13.1. The molecule has 0 atom stereocenters. The highest BCUT2D eigenvalue weighted by molar-refractivity contribution is 5.96. The third kappa shape index (κ3) is 3.67. The highest BCUT2D eigenvalue weighted by Crippen LogP contribution is 2.25. The van der Waals surface area contributed by atoms with Gasteiger partial charge in [0.2, 0.25) is 0 Å². The lowest BCUT2D eigenvalue weighted by molar-refractivity contribution is 0.0593. The normalized spacial score (nSPS) is 10.6. The summed E-state index contributed by atoms with van der Waals surface area (Å²) >= 11 is 0. The molecule has 0 radical (unpaired) electrons. The van der Waals surface area contributed by atoms with E-state index in [1.54, 1.807) is 12.1 Å². The zero-order valence-electron chi connectivity index (χ0n) is 13.1. The van der Waals surface area contributed by atoms with E-state index >= 15 is 0 Å². The molecule has 4 N–H and O–H groups in total. The Labute approximate surface area is 138 Å². The van der Waals surface area contributed by atoms with Gasteiger partial charge in [0.15, 0.2) is 0 Å². The molecule has 0 aliphatic rings. The smallest absolute Gasteiger partial charge is 0.339 e. The molecule has 2 aromatic rings. The van der Waals surface area contributed by atoms with E-state index in [1.807, 2.05) is 0 Å². The molecule has 0 saturated heterocycles. The first-order valence-electron chi connectivity index (χ1n) is 6.83. The van der Waals surface area contributed by atoms with Gasteiger partial charge in [0, 0.05) is 11.4 Å². The van der Waals surface area contributed by atoms with Gasteiger partial charge in [-0.3, -0.25) is 0 Å². The van der Waals surface area contributed by atoms with Crippen LogP contribution in [0.3, 0.4) is 0 Å². The number of nitrogen functional groups attached to an aromatic ring is 2. The predicted molar refractivity (Wildman–Crippen MR) is 88.6 cm³/mol. The third-order valence-corrected chi connectivity index (χ3v) is 3.16. The summed E-state index contributed by atoms with van der Waals surface area (Å²) in [6, 6.07) is 9.18. The molecular weight excluding hydrogens is 312 g/mol. The molecule has 0 heterocycles. The topological polar surface area (TPSA) is 129 Å². The van der Waals surface area contributed by atoms with E-state index in [0.717, 1.165) is 0 Å². The third-order valence-electron chi connectivity index (χ3n) is 3.16. The number of carbonyl (C=O) groups is 2. The van der Waals surface area contributed by atoms with Crippen molar-refractivity contribution in [2.75, 3.05) is 25.7 Å². The van der Waals surface area contributed by atoms with Crippen LogP contribution in [0.15, 0.2) is 46.6 Å². The van der Waals surface area contributed by atoms with Crippen LogP contribution >= 0.6 is 0 Å². The van der Waals surface area contributed by atoms with Gasteiger partial charge in [0.25, 0.3) is 0 Å². The van der Waals surface area contributed by atoms with E-state index in [9.17, 15) is 9.59 Å². The van der Waals surface area contributed by atoms with Crippen LogP contribution in [-0.2, 0) is 9.47 Å². The molecule has 8 nitrogen and oxygen atoms in total. The summed E-state index contributed by atoms with van der Waals surface area (Å²) in [5, 5.41) is 8.04. The number of esters is 2. The number of carbonyl (C=O) groups excluding carboxylic acids is 2. The van der Waals surface area contributed by atoms with Crippen LogP contribution < -0.4 is 11.5 Å². The first-order valence-corrected chi connectivity index (χ1v) is 6.83. The van der Waals surface area contributed by atoms with Gasteiger partial charge < -0.3 is 20.9 Å². The maximum absolute atomic E-state index is 11.5. The van der Waals surface area contributed by atoms with Crippen molar-refractivity contribution in [3.05, 3.63) is 47.5 Å². The quantitative estimate of drug-likeness (QED) is 0.504. The van der Waals surface area contributed by atoms with Gasteiger partial charge in [-0.05, 0) is 36.4 Å². The summed E-state index contributed by atoms with van der Waals surface area (Å²) < 4.78 is 9.23. The van der Waals surface area contributed by atoms with E-state index in [-0.39, 0.29) is 22.5 Å². The Kier molecular flexibility index (Phi) is 5.10. The van der Waals surface area contributed by atoms with Crippen molar-refractivity contribution < 1.29 is 19.1 Å². The van der Waals surface area contributed by atoms with Crippen molar-refractivity contribution in [2.24, 2.45) is 10.2 Å². The average Bonchev–Trinajstić information content (AvgIpc) is 2.58. The number of rotatable bonds is 4. The van der Waals surface area contributed by atoms with Crippen LogP contribution in [0.2, 0.25) is 0 Å². The van der Waals surface area contributed by atoms with Crippen LogP contribution in [0.1, 0.15) is 20.7 Å². The second-order valence-electron chi connectivity index (χ2n) is 4.73. The maximum atomic E-state index is 11.5. The highest BCUT2D eigenvalue weighted by Gasteiger charge is 2.11. The minimum absolute atomic E-state index is 0.235. The Balaban J connectivity index is 2.22. The van der Waals surface area contributed by atoms with Gasteiger partial charge in [0.05, 0.1) is 36.7 Å². The molecule has 2 rings (SSSR count). The molecule has 0 aromatic heterocycles. The minimum Gasteiger partial charge on any atom is -0.465 e. The maximum Gasteiger partial charge on any atom is 0.339 e. The van der Waals surface area contributed by atoms with Crippen LogP contribution in [0.4, 0.5) is 22.7 Å². The summed E-state index contributed by atoms with van der Waals surface area (Å²) in [4.78, 5) is 22.9. The fourth-order valence-electron chi connectivity index (χ4n) is 1.93. The van der Waals surface area contributed by atoms with Gasteiger partial charge in [-0.2, -0.15) is 10.2 Å². The van der Waals surface area contributed by atoms with Gasteiger partial charge in [0.1, 0.15) is 0 Å². The molecular formula is C16H16N4O4. The molecule has 0 aliphatic carbocycles. The molecule has 0 bridgehead atoms. The Bertz CT molecular complexity index is 750. The number of hydrogen-bond acceptors (Lipinski definition) is 8. The van der Waals surface area contributed by atoms with E-state index in [4.69, 9.17) is 11.5 Å². The fourth-order valence-corrected chi connectivity index (χ4v) is 1.93. The molecule has 124 valence electrons. The lowest BCUT2D eigenvalue weighted by atomic mass is 10.1. The summed E-state index contributed by atoms with van der Waals surface area (Å²) in [5.41, 5.74) is 13.5. The molecule has 0 amide bonds. The number of azo groups is 1. The zero-order chi connectivity index (χ0) is 17.7. The number of nitrogens with zero attached hydrogens (tertiary/aromatic N) is 2. The van der Waals surface area contributed by atoms with Crippen molar-refractivity contribution in [3.63, 3.8) is 0 Å². The standard InChI is InChI=1S/C16H16N4O4/c1-23-15(21)11-5-3-9(7-13(11)17)19-20-10-4-6-12(14(18)8-10)16(22)24-2/h3-8H,17-18H2,1-2H3. The molecule has 24 heavy (non-hydrogen) atoms. The minimum atomic E-state index is -0.526. The Morgan fingerprint density at radius 2 is 1.17 bits per heavy atom. The number of anilines is 2. The van der Waals surface area contributed by atoms with Crippen molar-refractivity contribution in [3.8, 4) is 0 Å². The van der Waals surface area contributed by atoms with Crippen molar-refractivity contribution in [1.29, 1.82) is 0 Å². The molecule has 0 saturated carbocycles. The van der Waals surface area contributed by atoms with E-state index in [0.29, 0.717) is 11.4 Å². The van der Waals surface area contributed by atoms with E-state index in [1.165, 1.54) is 38.5 Å². The summed E-state index contributed by atoms with van der Waals surface area (Å²) in [6.45, 7) is 0. The van der Waals surface area contributed by atoms with Crippen molar-refractivity contribution in [2.45, 2.75) is 0 Å². The predicted octanol–water partition coefficient (Wildman–Crippen LogP) is 2.84. The first kappa shape index (κ1) is 16.9. The lowest BCUT2D eigenvalue weighted by Crippen LogP contribution is -2.05. The van der Waals surface area contributed by atoms with E-state index < -0.39 is 11.9 Å². The lowest BCUT2D eigenvalue weighted by Gasteiger charge is -2.04. The van der Waals surface area contributed by atoms with Crippen LogP contribution in [-0.4, -0.2) is 26.2 Å². The largest absolute Gasteiger partial charge is 0.465 e. The fraction of sp³-hybridized carbons (Fsp3) is 0.125. The molecule has 0 aliphatic heterocycles. The van der Waals surface area contributed by atoms with E-state index in [2.05, 4.69) is 19.7 Å². The number of ether oxygens (including phenoxy) is 2. The average molecular weight is 328 g/mol. The van der Waals surface area contributed by atoms with Crippen molar-refractivity contribution >= 4 is 34.7 Å². The molecule has 0 fully saturated rings. The SMILES string of the molecule is COC(=O)c1ccc(N=Nc2ccc(C(=O)OC)c(N)c2)cc1N. The van der Waals surface area contributed by atoms with Crippen LogP contribution in [0.5, 0.6) is 0 Å². The molecule has 2 aromatic carbocycles. The van der Waals surface area contributed by atoms with Gasteiger partial charge in [-0.25, -0.2) is 9.59 Å². The van der Waals surface area contributed by atoms with Crippen LogP contribution in [0.25, 0.3) is 0 Å². The number of nitrogens with two attached hydrogens (primary N) is 2. The second kappa shape index (κ2) is 7.23. The summed E-state index contributed by atoms with van der Waals surface area (Å²) in [5.74, 6) is -1.05. The van der Waals surface area contributed by atoms with Gasteiger partial charge in [-0.15, -0.1) is 0 Å². The number of hydrogen-bond donors (Lipinski definition) is 2. The van der Waals surface area contributed by atoms with Crippen LogP contribution in [0, 0.1) is 0 Å². The number of methoxy groups -OCH3 is 2. The first-order chi connectivity index (χ1) is 11.5. The van der Waals surface area contributed by atoms with Crippen molar-refractivity contribution in [1.82, 2.24) is 0 Å². The molecule has 8 heteroatoms.